The lowest BCUT2D eigenvalue weighted by atomic mass is 10.1. The maximum Gasteiger partial charge on any atom is 0.259 e. The lowest BCUT2D eigenvalue weighted by Gasteiger charge is -2.23. The first-order chi connectivity index (χ1) is 14.7. The van der Waals surface area contributed by atoms with Crippen molar-refractivity contribution in [2.45, 2.75) is 38.6 Å². The van der Waals surface area contributed by atoms with Crippen LogP contribution in [0.3, 0.4) is 0 Å². The van der Waals surface area contributed by atoms with Crippen LogP contribution in [0.5, 0.6) is 0 Å². The minimum Gasteiger partial charge on any atom is -0.322 e. The topological polar surface area (TPSA) is 58.1 Å². The van der Waals surface area contributed by atoms with Gasteiger partial charge in [0.1, 0.15) is 5.82 Å². The van der Waals surface area contributed by atoms with Crippen molar-refractivity contribution < 1.29 is 4.79 Å². The molecule has 1 aliphatic heterocycles. The molecule has 3 aromatic rings. The molecule has 154 valence electrons. The van der Waals surface area contributed by atoms with E-state index in [1.807, 2.05) is 37.3 Å². The number of aromatic nitrogens is 2. The van der Waals surface area contributed by atoms with Gasteiger partial charge in [0, 0.05) is 11.9 Å². The summed E-state index contributed by atoms with van der Waals surface area (Å²) in [6, 6.07) is 20.3. The predicted octanol–water partition coefficient (Wildman–Crippen LogP) is 4.81. The van der Waals surface area contributed by atoms with E-state index in [1.54, 1.807) is 6.20 Å². The average Bonchev–Trinajstić information content (AvgIpc) is 3.23. The van der Waals surface area contributed by atoms with Gasteiger partial charge >= 0.3 is 0 Å². The van der Waals surface area contributed by atoms with Crippen molar-refractivity contribution >= 4 is 11.6 Å². The minimum atomic E-state index is -0.170. The van der Waals surface area contributed by atoms with Crippen molar-refractivity contribution in [1.82, 2.24) is 14.9 Å². The van der Waals surface area contributed by atoms with E-state index in [0.29, 0.717) is 5.56 Å². The number of nitrogens with one attached hydrogen (secondary N) is 1. The van der Waals surface area contributed by atoms with E-state index < -0.39 is 0 Å². The zero-order chi connectivity index (χ0) is 20.8. The number of hydrogen-bond acceptors (Lipinski definition) is 4. The van der Waals surface area contributed by atoms with E-state index in [1.165, 1.54) is 5.56 Å². The van der Waals surface area contributed by atoms with Gasteiger partial charge in [0.2, 0.25) is 0 Å². The van der Waals surface area contributed by atoms with Gasteiger partial charge in [0.15, 0.2) is 0 Å². The number of benzene rings is 2. The summed E-state index contributed by atoms with van der Waals surface area (Å²) in [4.78, 5) is 24.4. The number of carbonyl (C=O) groups is 1. The molecule has 4 rings (SSSR count). The highest BCUT2D eigenvalue weighted by Crippen LogP contribution is 2.30. The fourth-order valence-corrected chi connectivity index (χ4v) is 4.11. The average molecular weight is 401 g/mol. The molecular weight excluding hydrogens is 372 g/mol. The third kappa shape index (κ3) is 4.92. The first kappa shape index (κ1) is 20.2. The smallest absolute Gasteiger partial charge is 0.259 e. The summed E-state index contributed by atoms with van der Waals surface area (Å²) in [7, 11) is 0. The number of hydrogen-bond donors (Lipinski definition) is 1. The molecule has 0 saturated carbocycles. The Hall–Kier alpha value is -3.05. The van der Waals surface area contributed by atoms with Crippen molar-refractivity contribution in [1.29, 1.82) is 0 Å². The molecule has 0 aliphatic carbocycles. The molecule has 2 aromatic carbocycles. The molecule has 1 aromatic heterocycles. The molecule has 1 fully saturated rings. The van der Waals surface area contributed by atoms with E-state index >= 15 is 0 Å². The van der Waals surface area contributed by atoms with Gasteiger partial charge in [-0.2, -0.15) is 0 Å². The Morgan fingerprint density at radius 2 is 1.83 bits per heavy atom. The minimum absolute atomic E-state index is 0.170. The van der Waals surface area contributed by atoms with Gasteiger partial charge in [-0.15, -0.1) is 0 Å². The van der Waals surface area contributed by atoms with Gasteiger partial charge in [-0.3, -0.25) is 9.69 Å². The van der Waals surface area contributed by atoms with Crippen LogP contribution >= 0.6 is 0 Å². The second kappa shape index (κ2) is 9.63. The van der Waals surface area contributed by atoms with Gasteiger partial charge in [-0.1, -0.05) is 48.5 Å². The summed E-state index contributed by atoms with van der Waals surface area (Å²) in [6.07, 6.45) is 6.12. The standard InChI is InChI=1S/C25H28N4O/c1-19-22(25(30)28-21-13-6-3-7-14-21)18-26-24(27-19)23-15-9-17-29(23)16-8-12-20-10-4-2-5-11-20/h2-7,10-11,13-14,18,23H,8-9,12,15-17H2,1H3,(H,28,30). The summed E-state index contributed by atoms with van der Waals surface area (Å²) in [5, 5.41) is 2.91. The normalized spacial score (nSPS) is 16.5. The van der Waals surface area contributed by atoms with Crippen molar-refractivity contribution in [3.63, 3.8) is 0 Å². The summed E-state index contributed by atoms with van der Waals surface area (Å²) in [6.45, 7) is 4.01. The number of carbonyl (C=O) groups excluding carboxylic acids is 1. The Morgan fingerprint density at radius 3 is 2.57 bits per heavy atom. The summed E-state index contributed by atoms with van der Waals surface area (Å²) < 4.78 is 0. The number of nitrogens with zero attached hydrogens (tertiary/aromatic N) is 3. The lowest BCUT2D eigenvalue weighted by molar-refractivity contribution is 0.102. The number of anilines is 1. The van der Waals surface area contributed by atoms with E-state index in [2.05, 4.69) is 45.5 Å². The van der Waals surface area contributed by atoms with Crippen LogP contribution in [0.4, 0.5) is 5.69 Å². The molecule has 2 heterocycles. The number of rotatable bonds is 7. The van der Waals surface area contributed by atoms with Crippen LogP contribution in [-0.4, -0.2) is 33.9 Å². The molecule has 5 heteroatoms. The molecule has 1 saturated heterocycles. The third-order valence-corrected chi connectivity index (χ3v) is 5.69. The zero-order valence-electron chi connectivity index (χ0n) is 17.4. The Balaban J connectivity index is 1.39. The first-order valence-electron chi connectivity index (χ1n) is 10.7. The Morgan fingerprint density at radius 1 is 1.10 bits per heavy atom. The van der Waals surface area contributed by atoms with Crippen molar-refractivity contribution in [2.24, 2.45) is 0 Å². The molecule has 1 unspecified atom stereocenters. The molecule has 5 nitrogen and oxygen atoms in total. The second-order valence-electron chi connectivity index (χ2n) is 7.83. The van der Waals surface area contributed by atoms with Crippen LogP contribution in [0.2, 0.25) is 0 Å². The predicted molar refractivity (Wildman–Crippen MR) is 119 cm³/mol. The molecule has 1 aliphatic rings. The number of likely N-dealkylation sites (tertiary alicyclic amines) is 1. The molecular formula is C25H28N4O. The van der Waals surface area contributed by atoms with Crippen LogP contribution in [0.15, 0.2) is 66.9 Å². The van der Waals surface area contributed by atoms with Crippen LogP contribution in [0.1, 0.15) is 52.7 Å². The summed E-state index contributed by atoms with van der Waals surface area (Å²) in [5.41, 5.74) is 3.40. The van der Waals surface area contributed by atoms with E-state index in [0.717, 1.165) is 56.0 Å². The summed E-state index contributed by atoms with van der Waals surface area (Å²) >= 11 is 0. The number of para-hydroxylation sites is 1. The van der Waals surface area contributed by atoms with Gasteiger partial charge in [-0.05, 0) is 63.4 Å². The van der Waals surface area contributed by atoms with Crippen molar-refractivity contribution in [3.05, 3.63) is 89.5 Å². The highest BCUT2D eigenvalue weighted by molar-refractivity contribution is 6.04. The molecule has 1 N–H and O–H groups in total. The largest absolute Gasteiger partial charge is 0.322 e. The maximum absolute atomic E-state index is 12.6. The van der Waals surface area contributed by atoms with Crippen LogP contribution < -0.4 is 5.32 Å². The lowest BCUT2D eigenvalue weighted by Crippen LogP contribution is -2.27. The van der Waals surface area contributed by atoms with E-state index in [9.17, 15) is 4.79 Å². The molecule has 1 atom stereocenters. The number of aryl methyl sites for hydroxylation is 2. The molecule has 0 bridgehead atoms. The SMILES string of the molecule is Cc1nc(C2CCCN2CCCc2ccccc2)ncc1C(=O)Nc1ccccc1. The van der Waals surface area contributed by atoms with Crippen LogP contribution in [0, 0.1) is 6.92 Å². The fourth-order valence-electron chi connectivity index (χ4n) is 4.11. The molecule has 30 heavy (non-hydrogen) atoms. The van der Waals surface area contributed by atoms with E-state index in [-0.39, 0.29) is 11.9 Å². The Labute approximate surface area is 178 Å². The van der Waals surface area contributed by atoms with Crippen LogP contribution in [0.25, 0.3) is 0 Å². The quantitative estimate of drug-likeness (QED) is 0.618. The summed E-state index contributed by atoms with van der Waals surface area (Å²) in [5.74, 6) is 0.664. The fraction of sp³-hybridized carbons (Fsp3) is 0.320. The van der Waals surface area contributed by atoms with Gasteiger partial charge in [0.25, 0.3) is 5.91 Å². The molecule has 0 radical (unpaired) electrons. The Kier molecular flexibility index (Phi) is 6.50. The third-order valence-electron chi connectivity index (χ3n) is 5.69. The molecule has 0 spiro atoms. The second-order valence-corrected chi connectivity index (χ2v) is 7.83. The zero-order valence-corrected chi connectivity index (χ0v) is 17.4. The maximum atomic E-state index is 12.6. The monoisotopic (exact) mass is 400 g/mol. The highest BCUT2D eigenvalue weighted by atomic mass is 16.1. The molecule has 1 amide bonds. The first-order valence-corrected chi connectivity index (χ1v) is 10.7. The van der Waals surface area contributed by atoms with Gasteiger partial charge in [-0.25, -0.2) is 9.97 Å². The van der Waals surface area contributed by atoms with E-state index in [4.69, 9.17) is 4.98 Å². The van der Waals surface area contributed by atoms with Crippen molar-refractivity contribution in [3.8, 4) is 0 Å². The highest BCUT2D eigenvalue weighted by Gasteiger charge is 2.28. The van der Waals surface area contributed by atoms with Gasteiger partial charge in [0.05, 0.1) is 17.3 Å². The van der Waals surface area contributed by atoms with Gasteiger partial charge < -0.3 is 5.32 Å². The van der Waals surface area contributed by atoms with Crippen molar-refractivity contribution in [2.75, 3.05) is 18.4 Å². The van der Waals surface area contributed by atoms with Crippen LogP contribution in [-0.2, 0) is 6.42 Å². The number of amides is 1. The Bertz CT molecular complexity index is 975.